The minimum absolute atomic E-state index is 0.213. The van der Waals surface area contributed by atoms with Crippen LogP contribution in [0.25, 0.3) is 0 Å². The van der Waals surface area contributed by atoms with Crippen molar-refractivity contribution in [2.45, 2.75) is 0 Å². The van der Waals surface area contributed by atoms with Crippen LogP contribution in [0, 0.1) is 3.57 Å². The summed E-state index contributed by atoms with van der Waals surface area (Å²) in [6, 6.07) is 3.03. The van der Waals surface area contributed by atoms with Gasteiger partial charge in [0.05, 0.1) is 16.2 Å². The fourth-order valence-corrected chi connectivity index (χ4v) is 1.72. The van der Waals surface area contributed by atoms with Crippen LogP contribution in [0.2, 0.25) is 0 Å². The van der Waals surface area contributed by atoms with E-state index in [2.05, 4.69) is 0 Å². The van der Waals surface area contributed by atoms with Crippen LogP contribution < -0.4 is 10.5 Å². The van der Waals surface area contributed by atoms with Crippen molar-refractivity contribution >= 4 is 34.8 Å². The number of nitrogens with two attached hydrogens (primary N) is 1. The predicted molar refractivity (Wildman–Crippen MR) is 59.6 cm³/mol. The second kappa shape index (κ2) is 4.41. The van der Waals surface area contributed by atoms with E-state index in [9.17, 15) is 9.59 Å². The molecule has 2 N–H and O–H groups in total. The molecule has 0 radical (unpaired) electrons. The zero-order valence-corrected chi connectivity index (χ0v) is 9.57. The third-order valence-corrected chi connectivity index (χ3v) is 2.56. The highest BCUT2D eigenvalue weighted by Gasteiger charge is 2.11. The molecule has 1 aromatic carbocycles. The van der Waals surface area contributed by atoms with Crippen LogP contribution >= 0.6 is 22.6 Å². The minimum atomic E-state index is -0.618. The van der Waals surface area contributed by atoms with Crippen molar-refractivity contribution in [3.05, 3.63) is 26.8 Å². The number of carbonyl (C=O) groups excluding carboxylic acids is 2. The van der Waals surface area contributed by atoms with Gasteiger partial charge in [-0.1, -0.05) is 0 Å². The first-order valence-corrected chi connectivity index (χ1v) is 4.80. The highest BCUT2D eigenvalue weighted by molar-refractivity contribution is 14.1. The van der Waals surface area contributed by atoms with Gasteiger partial charge in [-0.25, -0.2) is 0 Å². The summed E-state index contributed by atoms with van der Waals surface area (Å²) in [5.41, 5.74) is 5.57. The molecule has 1 amide bonds. The van der Waals surface area contributed by atoms with E-state index < -0.39 is 5.91 Å². The molecule has 4 nitrogen and oxygen atoms in total. The van der Waals surface area contributed by atoms with Crippen molar-refractivity contribution in [3.63, 3.8) is 0 Å². The molecule has 74 valence electrons. The average Bonchev–Trinajstić information content (AvgIpc) is 2.17. The van der Waals surface area contributed by atoms with E-state index in [0.29, 0.717) is 12.0 Å². The van der Waals surface area contributed by atoms with Crippen LogP contribution in [0.15, 0.2) is 12.1 Å². The van der Waals surface area contributed by atoms with Crippen LogP contribution in [0.5, 0.6) is 5.75 Å². The van der Waals surface area contributed by atoms with Crippen molar-refractivity contribution in [2.75, 3.05) is 7.11 Å². The second-order valence-corrected chi connectivity index (χ2v) is 3.72. The molecule has 0 atom stereocenters. The zero-order valence-electron chi connectivity index (χ0n) is 7.41. The van der Waals surface area contributed by atoms with Crippen LogP contribution in [0.1, 0.15) is 20.7 Å². The normalized spacial score (nSPS) is 9.57. The molecule has 14 heavy (non-hydrogen) atoms. The van der Waals surface area contributed by atoms with Crippen LogP contribution in [0.4, 0.5) is 0 Å². The molecule has 0 aromatic heterocycles. The minimum Gasteiger partial charge on any atom is -0.496 e. The lowest BCUT2D eigenvalue weighted by Gasteiger charge is -2.06. The molecule has 0 heterocycles. The summed E-state index contributed by atoms with van der Waals surface area (Å²) in [7, 11) is 1.50. The standard InChI is InChI=1S/C9H8INO3/c1-14-8-2-5(4-12)6(9(11)13)3-7(8)10/h2-4H,1H3,(H2,11,13). The Bertz CT molecular complexity index is 390. The lowest BCUT2D eigenvalue weighted by Crippen LogP contribution is -2.14. The first-order chi connectivity index (χ1) is 6.60. The van der Waals surface area contributed by atoms with Gasteiger partial charge in [0.15, 0.2) is 6.29 Å². The molecule has 1 aromatic rings. The number of ether oxygens (including phenoxy) is 1. The van der Waals surface area contributed by atoms with Crippen molar-refractivity contribution in [1.82, 2.24) is 0 Å². The summed E-state index contributed by atoms with van der Waals surface area (Å²) in [5.74, 6) is -0.0645. The Hall–Kier alpha value is -1.11. The maximum absolute atomic E-state index is 11.0. The van der Waals surface area contributed by atoms with E-state index in [1.54, 1.807) is 0 Å². The maximum atomic E-state index is 11.0. The number of aldehydes is 1. The third kappa shape index (κ3) is 2.03. The number of halogens is 1. The van der Waals surface area contributed by atoms with Crippen molar-refractivity contribution < 1.29 is 14.3 Å². The van der Waals surface area contributed by atoms with Crippen LogP contribution in [-0.4, -0.2) is 19.3 Å². The van der Waals surface area contributed by atoms with Crippen LogP contribution in [0.3, 0.4) is 0 Å². The lowest BCUT2D eigenvalue weighted by molar-refractivity contribution is 0.0993. The number of primary amides is 1. The summed E-state index contributed by atoms with van der Waals surface area (Å²) >= 11 is 2.00. The van der Waals surface area contributed by atoms with Gasteiger partial charge in [-0.3, -0.25) is 9.59 Å². The van der Waals surface area contributed by atoms with E-state index in [-0.39, 0.29) is 11.1 Å². The van der Waals surface area contributed by atoms with Crippen LogP contribution in [-0.2, 0) is 0 Å². The fourth-order valence-electron chi connectivity index (χ4n) is 1.04. The van der Waals surface area contributed by atoms with Crippen molar-refractivity contribution in [2.24, 2.45) is 5.73 Å². The predicted octanol–water partition coefficient (Wildman–Crippen LogP) is 1.21. The van der Waals surface area contributed by atoms with E-state index in [0.717, 1.165) is 3.57 Å². The van der Waals surface area contributed by atoms with E-state index >= 15 is 0 Å². The molecule has 0 unspecified atom stereocenters. The Kier molecular flexibility index (Phi) is 3.45. The largest absolute Gasteiger partial charge is 0.496 e. The quantitative estimate of drug-likeness (QED) is 0.674. The molecule has 0 saturated heterocycles. The topological polar surface area (TPSA) is 69.4 Å². The van der Waals surface area contributed by atoms with Gasteiger partial charge in [0.25, 0.3) is 0 Å². The Balaban J connectivity index is 3.38. The van der Waals surface area contributed by atoms with Gasteiger partial charge in [-0.2, -0.15) is 0 Å². The molecule has 0 aliphatic rings. The number of hydrogen-bond acceptors (Lipinski definition) is 3. The van der Waals surface area contributed by atoms with Gasteiger partial charge in [0, 0.05) is 5.56 Å². The molecular weight excluding hydrogens is 297 g/mol. The Labute approximate surface area is 94.6 Å². The third-order valence-electron chi connectivity index (χ3n) is 1.72. The summed E-state index contributed by atoms with van der Waals surface area (Å²) in [6.07, 6.45) is 0.582. The zero-order chi connectivity index (χ0) is 10.7. The summed E-state index contributed by atoms with van der Waals surface area (Å²) in [6.45, 7) is 0. The number of benzene rings is 1. The Morgan fingerprint density at radius 3 is 2.64 bits per heavy atom. The molecule has 1 rings (SSSR count). The van der Waals surface area contributed by atoms with Gasteiger partial charge >= 0.3 is 0 Å². The van der Waals surface area contributed by atoms with Gasteiger partial charge in [-0.15, -0.1) is 0 Å². The fraction of sp³-hybridized carbons (Fsp3) is 0.111. The molecular formula is C9H8INO3. The number of hydrogen-bond donors (Lipinski definition) is 1. The first kappa shape index (κ1) is 11.0. The first-order valence-electron chi connectivity index (χ1n) is 3.72. The number of rotatable bonds is 3. The number of methoxy groups -OCH3 is 1. The Morgan fingerprint density at radius 2 is 2.21 bits per heavy atom. The smallest absolute Gasteiger partial charge is 0.249 e. The summed E-state index contributed by atoms with van der Waals surface area (Å²) in [4.78, 5) is 21.6. The Morgan fingerprint density at radius 1 is 1.57 bits per heavy atom. The lowest BCUT2D eigenvalue weighted by atomic mass is 10.1. The summed E-state index contributed by atoms with van der Waals surface area (Å²) < 4.78 is 5.74. The van der Waals surface area contributed by atoms with Gasteiger partial charge in [-0.05, 0) is 34.7 Å². The van der Waals surface area contributed by atoms with Gasteiger partial charge in [0.1, 0.15) is 5.75 Å². The summed E-state index contributed by atoms with van der Waals surface area (Å²) in [5, 5.41) is 0. The SMILES string of the molecule is COc1cc(C=O)c(C(N)=O)cc1I. The molecule has 0 aliphatic heterocycles. The highest BCUT2D eigenvalue weighted by atomic mass is 127. The molecule has 0 aliphatic carbocycles. The van der Waals surface area contributed by atoms with Crippen molar-refractivity contribution in [1.29, 1.82) is 0 Å². The highest BCUT2D eigenvalue weighted by Crippen LogP contribution is 2.24. The van der Waals surface area contributed by atoms with E-state index in [1.807, 2.05) is 22.6 Å². The van der Waals surface area contributed by atoms with E-state index in [4.69, 9.17) is 10.5 Å². The average molecular weight is 305 g/mol. The number of amides is 1. The monoisotopic (exact) mass is 305 g/mol. The molecule has 0 fully saturated rings. The molecule has 0 saturated carbocycles. The molecule has 5 heteroatoms. The van der Waals surface area contributed by atoms with Crippen molar-refractivity contribution in [3.8, 4) is 5.75 Å². The second-order valence-electron chi connectivity index (χ2n) is 2.56. The van der Waals surface area contributed by atoms with E-state index in [1.165, 1.54) is 19.2 Å². The maximum Gasteiger partial charge on any atom is 0.249 e. The van der Waals surface area contributed by atoms with Gasteiger partial charge in [0.2, 0.25) is 5.91 Å². The molecule has 0 bridgehead atoms. The number of carbonyl (C=O) groups is 2. The molecule has 0 spiro atoms. The van der Waals surface area contributed by atoms with Gasteiger partial charge < -0.3 is 10.5 Å².